The number of non-ortho nitro benzene ring substituents is 1. The van der Waals surface area contributed by atoms with Crippen molar-refractivity contribution in [2.24, 2.45) is 0 Å². The lowest BCUT2D eigenvalue weighted by atomic mass is 10.1. The van der Waals surface area contributed by atoms with Crippen molar-refractivity contribution < 1.29 is 9.72 Å². The highest BCUT2D eigenvalue weighted by Gasteiger charge is 2.26. The number of nitro groups is 1. The second-order valence-corrected chi connectivity index (χ2v) is 5.40. The number of nitrogens with zero attached hydrogens (tertiary/aromatic N) is 2. The molecule has 0 saturated carbocycles. The van der Waals surface area contributed by atoms with Crippen molar-refractivity contribution in [1.82, 2.24) is 4.90 Å². The molecule has 0 spiro atoms. The van der Waals surface area contributed by atoms with E-state index in [4.69, 9.17) is 0 Å². The minimum Gasteiger partial charge on any atom is -0.337 e. The number of likely N-dealkylation sites (tertiary alicyclic amines) is 1. The molecule has 18 heavy (non-hydrogen) atoms. The molecule has 1 aliphatic rings. The Morgan fingerprint density at radius 2 is 2.06 bits per heavy atom. The Morgan fingerprint density at radius 3 is 2.67 bits per heavy atom. The summed E-state index contributed by atoms with van der Waals surface area (Å²) in [6.07, 6.45) is 1.85. The predicted molar refractivity (Wildman–Crippen MR) is 70.5 cm³/mol. The number of hydrogen-bond acceptors (Lipinski definition) is 3. The summed E-state index contributed by atoms with van der Waals surface area (Å²) in [6, 6.07) is 6.33. The molecular weight excluding hydrogens is 300 g/mol. The molecule has 0 aromatic heterocycles. The average Bonchev–Trinajstić information content (AvgIpc) is 2.36. The maximum Gasteiger partial charge on any atom is 0.269 e. The number of carbonyl (C=O) groups excluding carboxylic acids is 1. The van der Waals surface area contributed by atoms with Crippen LogP contribution in [0.25, 0.3) is 0 Å². The van der Waals surface area contributed by atoms with Crippen LogP contribution < -0.4 is 0 Å². The summed E-state index contributed by atoms with van der Waals surface area (Å²) in [5.41, 5.74) is 0.984. The van der Waals surface area contributed by atoms with Crippen molar-refractivity contribution in [3.63, 3.8) is 0 Å². The summed E-state index contributed by atoms with van der Waals surface area (Å²) >= 11 is 3.36. The van der Waals surface area contributed by atoms with Crippen molar-refractivity contribution in [3.05, 3.63) is 39.9 Å². The van der Waals surface area contributed by atoms with E-state index in [1.54, 1.807) is 17.0 Å². The van der Waals surface area contributed by atoms with Gasteiger partial charge in [0.15, 0.2) is 0 Å². The summed E-state index contributed by atoms with van der Waals surface area (Å²) in [5, 5.41) is 10.5. The first kappa shape index (κ1) is 13.0. The lowest BCUT2D eigenvalue weighted by Gasteiger charge is -2.29. The second kappa shape index (κ2) is 5.48. The number of hydrogen-bond donors (Lipinski definition) is 0. The van der Waals surface area contributed by atoms with Gasteiger partial charge in [0, 0.05) is 25.2 Å². The fourth-order valence-corrected chi connectivity index (χ4v) is 2.61. The lowest BCUT2D eigenvalue weighted by molar-refractivity contribution is -0.384. The zero-order chi connectivity index (χ0) is 13.1. The van der Waals surface area contributed by atoms with Crippen LogP contribution in [0.2, 0.25) is 0 Å². The minimum atomic E-state index is -0.426. The Kier molecular flexibility index (Phi) is 3.96. The highest BCUT2D eigenvalue weighted by atomic mass is 79.9. The topological polar surface area (TPSA) is 63.5 Å². The number of piperidine rings is 1. The van der Waals surface area contributed by atoms with Crippen LogP contribution in [0.1, 0.15) is 18.4 Å². The average molecular weight is 313 g/mol. The van der Waals surface area contributed by atoms with Crippen molar-refractivity contribution >= 4 is 27.5 Å². The molecule has 1 amide bonds. The van der Waals surface area contributed by atoms with Crippen LogP contribution in [0.3, 0.4) is 0 Å². The standard InChI is InChI=1S/C12H13BrN2O3/c13-11-2-1-7-14(12(11)16)8-9-3-5-10(6-4-9)15(17)18/h3-6,11H,1-2,7-8H2. The summed E-state index contributed by atoms with van der Waals surface area (Å²) < 4.78 is 0. The van der Waals surface area contributed by atoms with Crippen molar-refractivity contribution in [3.8, 4) is 0 Å². The third kappa shape index (κ3) is 2.87. The summed E-state index contributed by atoms with van der Waals surface area (Å²) in [4.78, 5) is 23.7. The number of alkyl halides is 1. The number of amides is 1. The Morgan fingerprint density at radius 1 is 1.39 bits per heavy atom. The van der Waals surface area contributed by atoms with E-state index in [1.807, 2.05) is 0 Å². The molecule has 0 N–H and O–H groups in total. The summed E-state index contributed by atoms with van der Waals surface area (Å²) in [6.45, 7) is 1.26. The molecule has 0 aliphatic carbocycles. The molecule has 1 heterocycles. The third-order valence-corrected chi connectivity index (χ3v) is 3.84. The molecular formula is C12H13BrN2O3. The molecule has 96 valence electrons. The smallest absolute Gasteiger partial charge is 0.269 e. The van der Waals surface area contributed by atoms with Gasteiger partial charge in [-0.3, -0.25) is 14.9 Å². The van der Waals surface area contributed by atoms with Crippen LogP contribution >= 0.6 is 15.9 Å². The summed E-state index contributed by atoms with van der Waals surface area (Å²) in [7, 11) is 0. The molecule has 1 fully saturated rings. The van der Waals surface area contributed by atoms with Gasteiger partial charge in [-0.05, 0) is 18.4 Å². The number of rotatable bonds is 3. The van der Waals surface area contributed by atoms with Crippen LogP contribution in [0.5, 0.6) is 0 Å². The zero-order valence-electron chi connectivity index (χ0n) is 9.71. The van der Waals surface area contributed by atoms with Crippen LogP contribution in [0, 0.1) is 10.1 Å². The van der Waals surface area contributed by atoms with Crippen molar-refractivity contribution in [2.45, 2.75) is 24.2 Å². The Labute approximate surface area is 113 Å². The highest BCUT2D eigenvalue weighted by Crippen LogP contribution is 2.21. The molecule has 0 radical (unpaired) electrons. The van der Waals surface area contributed by atoms with Gasteiger partial charge < -0.3 is 4.90 Å². The fourth-order valence-electron chi connectivity index (χ4n) is 1.99. The molecule has 1 saturated heterocycles. The fraction of sp³-hybridized carbons (Fsp3) is 0.417. The maximum atomic E-state index is 11.9. The van der Waals surface area contributed by atoms with Gasteiger partial charge in [0.05, 0.1) is 9.75 Å². The van der Waals surface area contributed by atoms with Gasteiger partial charge in [0.2, 0.25) is 5.91 Å². The summed E-state index contributed by atoms with van der Waals surface area (Å²) in [5.74, 6) is 0.0969. The first-order valence-corrected chi connectivity index (χ1v) is 6.65. The van der Waals surface area contributed by atoms with Gasteiger partial charge in [0.1, 0.15) is 0 Å². The number of nitro benzene ring substituents is 1. The molecule has 1 aliphatic heterocycles. The molecule has 1 unspecified atom stereocenters. The van der Waals surface area contributed by atoms with Crippen LogP contribution in [-0.2, 0) is 11.3 Å². The molecule has 2 rings (SSSR count). The van der Waals surface area contributed by atoms with E-state index < -0.39 is 4.92 Å². The molecule has 5 nitrogen and oxygen atoms in total. The molecule has 6 heteroatoms. The monoisotopic (exact) mass is 312 g/mol. The Balaban J connectivity index is 2.04. The van der Waals surface area contributed by atoms with Crippen LogP contribution in [-0.4, -0.2) is 27.1 Å². The van der Waals surface area contributed by atoms with E-state index in [2.05, 4.69) is 15.9 Å². The van der Waals surface area contributed by atoms with Crippen LogP contribution in [0.4, 0.5) is 5.69 Å². The van der Waals surface area contributed by atoms with E-state index >= 15 is 0 Å². The van der Waals surface area contributed by atoms with Gasteiger partial charge in [0.25, 0.3) is 5.69 Å². The first-order valence-electron chi connectivity index (χ1n) is 5.74. The quantitative estimate of drug-likeness (QED) is 0.489. The van der Waals surface area contributed by atoms with Crippen molar-refractivity contribution in [1.29, 1.82) is 0 Å². The van der Waals surface area contributed by atoms with E-state index in [9.17, 15) is 14.9 Å². The molecule has 1 aromatic rings. The second-order valence-electron chi connectivity index (χ2n) is 4.29. The van der Waals surface area contributed by atoms with Crippen molar-refractivity contribution in [2.75, 3.05) is 6.54 Å². The number of carbonyl (C=O) groups is 1. The minimum absolute atomic E-state index is 0.0714. The molecule has 0 bridgehead atoms. The number of benzene rings is 1. The molecule has 1 aromatic carbocycles. The predicted octanol–water partition coefficient (Wildman–Crippen LogP) is 2.48. The van der Waals surface area contributed by atoms with E-state index in [0.717, 1.165) is 24.9 Å². The third-order valence-electron chi connectivity index (χ3n) is 2.99. The maximum absolute atomic E-state index is 11.9. The van der Waals surface area contributed by atoms with Gasteiger partial charge in [-0.1, -0.05) is 28.1 Å². The Hall–Kier alpha value is -1.43. The molecule has 1 atom stereocenters. The lowest BCUT2D eigenvalue weighted by Crippen LogP contribution is -2.41. The largest absolute Gasteiger partial charge is 0.337 e. The number of halogens is 1. The Bertz CT molecular complexity index is 461. The van der Waals surface area contributed by atoms with E-state index in [1.165, 1.54) is 12.1 Å². The van der Waals surface area contributed by atoms with E-state index in [0.29, 0.717) is 6.54 Å². The van der Waals surface area contributed by atoms with Gasteiger partial charge in [-0.15, -0.1) is 0 Å². The van der Waals surface area contributed by atoms with Crippen LogP contribution in [0.15, 0.2) is 24.3 Å². The van der Waals surface area contributed by atoms with Gasteiger partial charge in [-0.25, -0.2) is 0 Å². The zero-order valence-corrected chi connectivity index (χ0v) is 11.3. The SMILES string of the molecule is O=C1C(Br)CCCN1Cc1ccc([N+](=O)[O-])cc1. The van der Waals surface area contributed by atoms with Gasteiger partial charge in [-0.2, -0.15) is 0 Å². The first-order chi connectivity index (χ1) is 8.58. The van der Waals surface area contributed by atoms with Gasteiger partial charge >= 0.3 is 0 Å². The highest BCUT2D eigenvalue weighted by molar-refractivity contribution is 9.10. The normalized spacial score (nSPS) is 19.9. The van der Waals surface area contributed by atoms with E-state index in [-0.39, 0.29) is 16.4 Å².